The van der Waals surface area contributed by atoms with E-state index in [1.165, 1.54) is 12.8 Å². The van der Waals surface area contributed by atoms with E-state index in [0.717, 1.165) is 12.8 Å². The van der Waals surface area contributed by atoms with E-state index in [0.29, 0.717) is 45.2 Å². The zero-order valence-electron chi connectivity index (χ0n) is 11.9. The van der Waals surface area contributed by atoms with Crippen molar-refractivity contribution in [3.05, 3.63) is 0 Å². The Hall–Kier alpha value is -0.650. The molecule has 1 amide bonds. The predicted octanol–water partition coefficient (Wildman–Crippen LogP) is 0.518. The van der Waals surface area contributed by atoms with Gasteiger partial charge in [0.1, 0.15) is 0 Å². The Labute approximate surface area is 115 Å². The van der Waals surface area contributed by atoms with Crippen LogP contribution in [0.4, 0.5) is 0 Å². The lowest BCUT2D eigenvalue weighted by atomic mass is 9.94. The minimum Gasteiger partial charge on any atom is -0.388 e. The Balaban J connectivity index is 1.70. The van der Waals surface area contributed by atoms with Crippen LogP contribution in [0.15, 0.2) is 0 Å². The monoisotopic (exact) mass is 270 g/mol. The summed E-state index contributed by atoms with van der Waals surface area (Å²) in [4.78, 5) is 13.8. The van der Waals surface area contributed by atoms with Crippen molar-refractivity contribution in [3.8, 4) is 0 Å². The third-order valence-corrected chi connectivity index (χ3v) is 4.12. The summed E-state index contributed by atoms with van der Waals surface area (Å²) in [6.07, 6.45) is 5.97. The lowest BCUT2D eigenvalue weighted by Gasteiger charge is -2.35. The van der Waals surface area contributed by atoms with Crippen LogP contribution in [0.3, 0.4) is 0 Å². The highest BCUT2D eigenvalue weighted by Crippen LogP contribution is 2.21. The van der Waals surface area contributed by atoms with Crippen LogP contribution in [-0.4, -0.2) is 60.9 Å². The first-order valence-corrected chi connectivity index (χ1v) is 7.35. The number of carbonyl (C=O) groups excluding carboxylic acids is 1. The molecule has 0 radical (unpaired) electrons. The van der Waals surface area contributed by atoms with Crippen LogP contribution in [0, 0.1) is 0 Å². The van der Waals surface area contributed by atoms with Crippen molar-refractivity contribution in [1.82, 2.24) is 10.2 Å². The molecule has 5 heteroatoms. The maximum Gasteiger partial charge on any atom is 0.234 e. The lowest BCUT2D eigenvalue weighted by Crippen LogP contribution is -2.48. The number of carbonyl (C=O) groups is 1. The van der Waals surface area contributed by atoms with Gasteiger partial charge >= 0.3 is 0 Å². The number of hydrogen-bond acceptors (Lipinski definition) is 4. The van der Waals surface area contributed by atoms with Gasteiger partial charge in [-0.05, 0) is 19.9 Å². The molecule has 1 heterocycles. The third kappa shape index (κ3) is 4.75. The first-order valence-electron chi connectivity index (χ1n) is 7.35. The molecule has 0 unspecified atom stereocenters. The van der Waals surface area contributed by atoms with Crippen molar-refractivity contribution in [2.75, 3.05) is 33.4 Å². The molecule has 2 fully saturated rings. The number of nitrogens with one attached hydrogen (secondary N) is 1. The Kier molecular flexibility index (Phi) is 5.19. The predicted molar refractivity (Wildman–Crippen MR) is 72.9 cm³/mol. The average molecular weight is 270 g/mol. The van der Waals surface area contributed by atoms with Gasteiger partial charge in [0.05, 0.1) is 12.1 Å². The molecule has 2 rings (SSSR count). The summed E-state index contributed by atoms with van der Waals surface area (Å²) in [6.45, 7) is 2.12. The van der Waals surface area contributed by atoms with Crippen molar-refractivity contribution < 1.29 is 14.6 Å². The van der Waals surface area contributed by atoms with Crippen LogP contribution in [0.2, 0.25) is 0 Å². The smallest absolute Gasteiger partial charge is 0.234 e. The molecule has 2 aliphatic rings. The molecule has 0 aromatic heterocycles. The van der Waals surface area contributed by atoms with E-state index in [-0.39, 0.29) is 5.91 Å². The van der Waals surface area contributed by atoms with Crippen molar-refractivity contribution in [2.45, 2.75) is 50.2 Å². The second-order valence-corrected chi connectivity index (χ2v) is 6.06. The molecule has 0 aromatic carbocycles. The first-order chi connectivity index (χ1) is 9.07. The van der Waals surface area contributed by atoms with Crippen LogP contribution < -0.4 is 5.32 Å². The molecule has 0 aromatic rings. The Morgan fingerprint density at radius 1 is 1.37 bits per heavy atom. The molecule has 0 bridgehead atoms. The molecule has 0 spiro atoms. The number of rotatable bonds is 5. The van der Waals surface area contributed by atoms with Gasteiger partial charge in [0, 0.05) is 38.6 Å². The van der Waals surface area contributed by atoms with E-state index in [4.69, 9.17) is 4.74 Å². The van der Waals surface area contributed by atoms with Crippen LogP contribution in [0.1, 0.15) is 38.5 Å². The molecular formula is C14H26N2O3. The number of aliphatic hydroxyl groups is 1. The van der Waals surface area contributed by atoms with Crippen molar-refractivity contribution >= 4 is 5.91 Å². The van der Waals surface area contributed by atoms with Crippen LogP contribution >= 0.6 is 0 Å². The van der Waals surface area contributed by atoms with Gasteiger partial charge in [-0.25, -0.2) is 0 Å². The van der Waals surface area contributed by atoms with Crippen LogP contribution in [0.5, 0.6) is 0 Å². The van der Waals surface area contributed by atoms with Gasteiger partial charge in [0.25, 0.3) is 0 Å². The SMILES string of the molecule is CN(CC(=O)NC1CCCC1)CC1(O)CCOCC1. The fourth-order valence-electron chi connectivity index (χ4n) is 3.06. The Morgan fingerprint density at radius 3 is 2.63 bits per heavy atom. The van der Waals surface area contributed by atoms with Gasteiger partial charge < -0.3 is 15.2 Å². The van der Waals surface area contributed by atoms with Gasteiger partial charge in [0.15, 0.2) is 0 Å². The Bertz CT molecular complexity index is 297. The molecule has 1 aliphatic heterocycles. The number of ether oxygens (including phenoxy) is 1. The lowest BCUT2D eigenvalue weighted by molar-refractivity contribution is -0.124. The highest BCUT2D eigenvalue weighted by molar-refractivity contribution is 5.78. The summed E-state index contributed by atoms with van der Waals surface area (Å²) in [5, 5.41) is 13.5. The first kappa shape index (κ1) is 14.8. The maximum atomic E-state index is 11.9. The van der Waals surface area contributed by atoms with Crippen molar-refractivity contribution in [2.24, 2.45) is 0 Å². The molecular weight excluding hydrogens is 244 g/mol. The zero-order valence-corrected chi connectivity index (χ0v) is 11.9. The van der Waals surface area contributed by atoms with E-state index in [2.05, 4.69) is 5.32 Å². The van der Waals surface area contributed by atoms with Crippen molar-refractivity contribution in [1.29, 1.82) is 0 Å². The van der Waals surface area contributed by atoms with Gasteiger partial charge in [0.2, 0.25) is 5.91 Å². The largest absolute Gasteiger partial charge is 0.388 e. The molecule has 19 heavy (non-hydrogen) atoms. The second kappa shape index (κ2) is 6.68. The van der Waals surface area contributed by atoms with Gasteiger partial charge in [-0.1, -0.05) is 12.8 Å². The standard InChI is InChI=1S/C14H26N2O3/c1-16(11-14(18)6-8-19-9-7-14)10-13(17)15-12-4-2-3-5-12/h12,18H,2-11H2,1H3,(H,15,17). The molecule has 0 atom stereocenters. The zero-order chi connectivity index (χ0) is 13.7. The van der Waals surface area contributed by atoms with E-state index >= 15 is 0 Å². The Morgan fingerprint density at radius 2 is 2.00 bits per heavy atom. The summed E-state index contributed by atoms with van der Waals surface area (Å²) in [5.41, 5.74) is -0.694. The minimum absolute atomic E-state index is 0.0741. The third-order valence-electron chi connectivity index (χ3n) is 4.12. The highest BCUT2D eigenvalue weighted by Gasteiger charge is 2.31. The maximum absolute atomic E-state index is 11.9. The highest BCUT2D eigenvalue weighted by atomic mass is 16.5. The molecule has 1 saturated carbocycles. The number of likely N-dealkylation sites (N-methyl/N-ethyl adjacent to an activating group) is 1. The summed E-state index contributed by atoms with van der Waals surface area (Å²) < 4.78 is 5.26. The number of hydrogen-bond donors (Lipinski definition) is 2. The van der Waals surface area contributed by atoms with E-state index < -0.39 is 5.60 Å². The van der Waals surface area contributed by atoms with Crippen LogP contribution in [0.25, 0.3) is 0 Å². The second-order valence-electron chi connectivity index (χ2n) is 6.06. The molecule has 1 saturated heterocycles. The van der Waals surface area contributed by atoms with Gasteiger partial charge in [-0.3, -0.25) is 9.69 Å². The van der Waals surface area contributed by atoms with E-state index in [9.17, 15) is 9.90 Å². The number of nitrogens with zero attached hydrogens (tertiary/aromatic N) is 1. The van der Waals surface area contributed by atoms with E-state index in [1.807, 2.05) is 11.9 Å². The normalized spacial score (nSPS) is 23.7. The minimum atomic E-state index is -0.694. The summed E-state index contributed by atoms with van der Waals surface area (Å²) in [7, 11) is 1.89. The van der Waals surface area contributed by atoms with Gasteiger partial charge in [-0.15, -0.1) is 0 Å². The summed E-state index contributed by atoms with van der Waals surface area (Å²) >= 11 is 0. The number of amides is 1. The fraction of sp³-hybridized carbons (Fsp3) is 0.929. The van der Waals surface area contributed by atoms with Crippen molar-refractivity contribution in [3.63, 3.8) is 0 Å². The molecule has 1 aliphatic carbocycles. The average Bonchev–Trinajstić information content (AvgIpc) is 2.81. The quantitative estimate of drug-likeness (QED) is 0.764. The van der Waals surface area contributed by atoms with E-state index in [1.54, 1.807) is 0 Å². The van der Waals surface area contributed by atoms with Crippen LogP contribution in [-0.2, 0) is 9.53 Å². The molecule has 110 valence electrons. The summed E-state index contributed by atoms with van der Waals surface area (Å²) in [5.74, 6) is 0.0741. The van der Waals surface area contributed by atoms with Gasteiger partial charge in [-0.2, -0.15) is 0 Å². The topological polar surface area (TPSA) is 61.8 Å². The molecule has 5 nitrogen and oxygen atoms in total. The molecule has 2 N–H and O–H groups in total. The fourth-order valence-corrected chi connectivity index (χ4v) is 3.06. The summed E-state index contributed by atoms with van der Waals surface area (Å²) in [6, 6.07) is 0.368.